The third-order valence-corrected chi connectivity index (χ3v) is 5.08. The van der Waals surface area contributed by atoms with Gasteiger partial charge in [-0.25, -0.2) is 0 Å². The molecule has 0 unspecified atom stereocenters. The maximum Gasteiger partial charge on any atom is 0.262 e. The Kier molecular flexibility index (Phi) is 6.95. The first-order valence-electron chi connectivity index (χ1n) is 8.78. The van der Waals surface area contributed by atoms with Crippen LogP contribution in [0.15, 0.2) is 71.2 Å². The standard InChI is InChI=1S/C22H20BrClN2O2/c1-15-6-2-4-8-19(15)26-22(27)14-28-21-11-10-16(12-17(21)23)13-25-20-9-5-3-7-18(20)24/h2-12,25H,13-14H2,1H3,(H,26,27). The van der Waals surface area contributed by atoms with Gasteiger partial charge in [0, 0.05) is 12.2 Å². The lowest BCUT2D eigenvalue weighted by molar-refractivity contribution is -0.118. The topological polar surface area (TPSA) is 50.4 Å². The molecule has 144 valence electrons. The second-order valence-corrected chi connectivity index (χ2v) is 7.51. The minimum atomic E-state index is -0.203. The van der Waals surface area contributed by atoms with E-state index in [-0.39, 0.29) is 12.5 Å². The minimum Gasteiger partial charge on any atom is -0.483 e. The van der Waals surface area contributed by atoms with Crippen LogP contribution in [0, 0.1) is 6.92 Å². The molecule has 3 aromatic rings. The average molecular weight is 460 g/mol. The molecule has 0 heterocycles. The second kappa shape index (κ2) is 9.62. The van der Waals surface area contributed by atoms with Gasteiger partial charge in [0.05, 0.1) is 15.2 Å². The smallest absolute Gasteiger partial charge is 0.262 e. The van der Waals surface area contributed by atoms with Gasteiger partial charge in [-0.05, 0) is 64.3 Å². The second-order valence-electron chi connectivity index (χ2n) is 6.25. The van der Waals surface area contributed by atoms with Gasteiger partial charge in [-0.1, -0.05) is 48.0 Å². The Labute approximate surface area is 178 Å². The summed E-state index contributed by atoms with van der Waals surface area (Å²) in [6.45, 7) is 2.50. The van der Waals surface area contributed by atoms with Crippen molar-refractivity contribution in [1.29, 1.82) is 0 Å². The minimum absolute atomic E-state index is 0.0653. The van der Waals surface area contributed by atoms with E-state index < -0.39 is 0 Å². The van der Waals surface area contributed by atoms with E-state index >= 15 is 0 Å². The van der Waals surface area contributed by atoms with Gasteiger partial charge < -0.3 is 15.4 Å². The van der Waals surface area contributed by atoms with E-state index in [4.69, 9.17) is 16.3 Å². The van der Waals surface area contributed by atoms with Crippen LogP contribution in [-0.2, 0) is 11.3 Å². The van der Waals surface area contributed by atoms with Gasteiger partial charge in [0.25, 0.3) is 5.91 Å². The summed E-state index contributed by atoms with van der Waals surface area (Å²) in [5.74, 6) is 0.409. The number of benzene rings is 3. The molecule has 0 saturated carbocycles. The number of aryl methyl sites for hydroxylation is 1. The molecule has 6 heteroatoms. The summed E-state index contributed by atoms with van der Waals surface area (Å²) >= 11 is 9.66. The Bertz CT molecular complexity index is 978. The largest absolute Gasteiger partial charge is 0.483 e. The molecule has 0 spiro atoms. The molecule has 0 aliphatic rings. The van der Waals surface area contributed by atoms with Crippen LogP contribution in [0.2, 0.25) is 5.02 Å². The van der Waals surface area contributed by atoms with Crippen LogP contribution in [0.4, 0.5) is 11.4 Å². The van der Waals surface area contributed by atoms with Crippen molar-refractivity contribution in [2.24, 2.45) is 0 Å². The molecule has 3 rings (SSSR count). The molecule has 2 N–H and O–H groups in total. The van der Waals surface area contributed by atoms with Crippen molar-refractivity contribution in [1.82, 2.24) is 0 Å². The fourth-order valence-electron chi connectivity index (χ4n) is 2.62. The zero-order valence-corrected chi connectivity index (χ0v) is 17.7. The van der Waals surface area contributed by atoms with Crippen molar-refractivity contribution < 1.29 is 9.53 Å². The average Bonchev–Trinajstić information content (AvgIpc) is 2.68. The number of hydrogen-bond donors (Lipinski definition) is 2. The molecule has 0 bridgehead atoms. The summed E-state index contributed by atoms with van der Waals surface area (Å²) in [5, 5.41) is 6.84. The first kappa shape index (κ1) is 20.2. The van der Waals surface area contributed by atoms with Crippen LogP contribution < -0.4 is 15.4 Å². The van der Waals surface area contributed by atoms with Crippen molar-refractivity contribution in [3.8, 4) is 5.75 Å². The highest BCUT2D eigenvalue weighted by Crippen LogP contribution is 2.27. The van der Waals surface area contributed by atoms with Crippen LogP contribution in [0.25, 0.3) is 0 Å². The zero-order valence-electron chi connectivity index (χ0n) is 15.3. The number of para-hydroxylation sites is 2. The Morgan fingerprint density at radius 3 is 2.46 bits per heavy atom. The number of rotatable bonds is 7. The van der Waals surface area contributed by atoms with E-state index in [9.17, 15) is 4.79 Å². The lowest BCUT2D eigenvalue weighted by Gasteiger charge is -2.12. The van der Waals surface area contributed by atoms with Crippen molar-refractivity contribution in [3.05, 3.63) is 87.4 Å². The molecule has 0 fully saturated rings. The lowest BCUT2D eigenvalue weighted by Crippen LogP contribution is -2.20. The molecular weight excluding hydrogens is 440 g/mol. The molecule has 4 nitrogen and oxygen atoms in total. The number of carbonyl (C=O) groups is 1. The summed E-state index contributed by atoms with van der Waals surface area (Å²) in [5.41, 5.74) is 3.74. The normalized spacial score (nSPS) is 10.4. The first-order chi connectivity index (χ1) is 13.5. The number of ether oxygens (including phenoxy) is 1. The molecule has 0 aliphatic heterocycles. The predicted molar refractivity (Wildman–Crippen MR) is 118 cm³/mol. The third-order valence-electron chi connectivity index (χ3n) is 4.13. The molecule has 28 heavy (non-hydrogen) atoms. The number of carbonyl (C=O) groups excluding carboxylic acids is 1. The van der Waals surface area contributed by atoms with E-state index in [1.165, 1.54) is 0 Å². The highest BCUT2D eigenvalue weighted by atomic mass is 79.9. The maximum absolute atomic E-state index is 12.1. The van der Waals surface area contributed by atoms with Crippen LogP contribution in [-0.4, -0.2) is 12.5 Å². The SMILES string of the molecule is Cc1ccccc1NC(=O)COc1ccc(CNc2ccccc2Cl)cc1Br. The number of anilines is 2. The lowest BCUT2D eigenvalue weighted by atomic mass is 10.2. The molecule has 3 aromatic carbocycles. The highest BCUT2D eigenvalue weighted by Gasteiger charge is 2.08. The highest BCUT2D eigenvalue weighted by molar-refractivity contribution is 9.10. The van der Waals surface area contributed by atoms with Crippen molar-refractivity contribution in [3.63, 3.8) is 0 Å². The van der Waals surface area contributed by atoms with E-state index in [0.717, 1.165) is 27.0 Å². The molecule has 0 atom stereocenters. The summed E-state index contributed by atoms with van der Waals surface area (Å²) in [6.07, 6.45) is 0. The Morgan fingerprint density at radius 1 is 1.04 bits per heavy atom. The number of hydrogen-bond acceptors (Lipinski definition) is 3. The molecular formula is C22H20BrClN2O2. The van der Waals surface area contributed by atoms with Gasteiger partial charge in [-0.3, -0.25) is 4.79 Å². The van der Waals surface area contributed by atoms with Crippen LogP contribution in [0.5, 0.6) is 5.75 Å². The summed E-state index contributed by atoms with van der Waals surface area (Å²) in [7, 11) is 0. The van der Waals surface area contributed by atoms with Crippen molar-refractivity contribution in [2.75, 3.05) is 17.2 Å². The Balaban J connectivity index is 1.54. The summed E-state index contributed by atoms with van der Waals surface area (Å²) < 4.78 is 6.43. The van der Waals surface area contributed by atoms with E-state index in [1.807, 2.05) is 73.7 Å². The molecule has 0 aromatic heterocycles. The summed E-state index contributed by atoms with van der Waals surface area (Å²) in [6, 6.07) is 21.0. The monoisotopic (exact) mass is 458 g/mol. The molecule has 0 aliphatic carbocycles. The first-order valence-corrected chi connectivity index (χ1v) is 9.95. The van der Waals surface area contributed by atoms with Crippen molar-refractivity contribution >= 4 is 44.8 Å². The maximum atomic E-state index is 12.1. The van der Waals surface area contributed by atoms with Crippen LogP contribution >= 0.6 is 27.5 Å². The molecule has 0 radical (unpaired) electrons. The Hall–Kier alpha value is -2.50. The number of nitrogens with one attached hydrogen (secondary N) is 2. The quantitative estimate of drug-likeness (QED) is 0.453. The third kappa shape index (κ3) is 5.50. The van der Waals surface area contributed by atoms with E-state index in [1.54, 1.807) is 0 Å². The van der Waals surface area contributed by atoms with E-state index in [0.29, 0.717) is 17.3 Å². The number of halogens is 2. The fraction of sp³-hybridized carbons (Fsp3) is 0.136. The van der Waals surface area contributed by atoms with Crippen LogP contribution in [0.3, 0.4) is 0 Å². The van der Waals surface area contributed by atoms with Crippen LogP contribution in [0.1, 0.15) is 11.1 Å². The van der Waals surface area contributed by atoms with Crippen molar-refractivity contribution in [2.45, 2.75) is 13.5 Å². The van der Waals surface area contributed by atoms with Gasteiger partial charge >= 0.3 is 0 Å². The predicted octanol–water partition coefficient (Wildman–Crippen LogP) is 6.04. The van der Waals surface area contributed by atoms with Gasteiger partial charge in [-0.15, -0.1) is 0 Å². The summed E-state index contributed by atoms with van der Waals surface area (Å²) in [4.78, 5) is 12.1. The molecule has 0 saturated heterocycles. The van der Waals surface area contributed by atoms with Gasteiger partial charge in [0.15, 0.2) is 6.61 Å². The number of amides is 1. The van der Waals surface area contributed by atoms with E-state index in [2.05, 4.69) is 26.6 Å². The Morgan fingerprint density at radius 2 is 1.75 bits per heavy atom. The molecule has 1 amide bonds. The van der Waals surface area contributed by atoms with Gasteiger partial charge in [-0.2, -0.15) is 0 Å². The zero-order chi connectivity index (χ0) is 19.9. The van der Waals surface area contributed by atoms with Gasteiger partial charge in [0.1, 0.15) is 5.75 Å². The van der Waals surface area contributed by atoms with Gasteiger partial charge in [0.2, 0.25) is 0 Å². The fourth-order valence-corrected chi connectivity index (χ4v) is 3.36.